The zero-order chi connectivity index (χ0) is 17.5. The minimum absolute atomic E-state index is 0. The van der Waals surface area contributed by atoms with Gasteiger partial charge < -0.3 is 10.2 Å². The number of halogens is 1. The van der Waals surface area contributed by atoms with E-state index in [0.717, 1.165) is 19.5 Å². The molecule has 0 saturated carbocycles. The van der Waals surface area contributed by atoms with Crippen molar-refractivity contribution >= 4 is 18.3 Å². The fraction of sp³-hybridized carbons (Fsp3) is 0.409. The second-order valence-corrected chi connectivity index (χ2v) is 7.01. The number of rotatable bonds is 6. The minimum atomic E-state index is 0. The topological polar surface area (TPSA) is 32.3 Å². The zero-order valence-electron chi connectivity index (χ0n) is 15.5. The molecule has 1 amide bonds. The summed E-state index contributed by atoms with van der Waals surface area (Å²) in [5.74, 6) is 0.955. The van der Waals surface area contributed by atoms with Gasteiger partial charge in [0, 0.05) is 20.0 Å². The highest BCUT2D eigenvalue weighted by Gasteiger charge is 2.17. The lowest BCUT2D eigenvalue weighted by atomic mass is 9.93. The van der Waals surface area contributed by atoms with E-state index in [9.17, 15) is 4.79 Å². The molecule has 1 fully saturated rings. The zero-order valence-corrected chi connectivity index (χ0v) is 16.3. The third-order valence-electron chi connectivity index (χ3n) is 5.16. The van der Waals surface area contributed by atoms with E-state index in [1.807, 2.05) is 18.0 Å². The first-order valence-corrected chi connectivity index (χ1v) is 9.32. The molecule has 0 radical (unpaired) electrons. The molecule has 1 aliphatic rings. The first-order valence-electron chi connectivity index (χ1n) is 9.32. The number of hydrogen-bond donors (Lipinski definition) is 1. The van der Waals surface area contributed by atoms with E-state index in [0.29, 0.717) is 18.9 Å². The monoisotopic (exact) mass is 372 g/mol. The maximum absolute atomic E-state index is 12.5. The highest BCUT2D eigenvalue weighted by molar-refractivity contribution is 5.85. The lowest BCUT2D eigenvalue weighted by Crippen LogP contribution is -2.30. The maximum atomic E-state index is 12.5. The van der Waals surface area contributed by atoms with Crippen LogP contribution in [-0.2, 0) is 11.3 Å². The van der Waals surface area contributed by atoms with Crippen LogP contribution in [0.25, 0.3) is 11.1 Å². The summed E-state index contributed by atoms with van der Waals surface area (Å²) in [6.07, 6.45) is 4.08. The standard InChI is InChI=1S/C22H28N2O.ClH/c1-24(22(25)12-11-18-13-15-23-16-14-18)17-20-9-5-6-10-21(20)19-7-3-2-4-8-19;/h2-10,18,23H,11-17H2,1H3;1H. The van der Waals surface area contributed by atoms with Gasteiger partial charge >= 0.3 is 0 Å². The van der Waals surface area contributed by atoms with Gasteiger partial charge in [0.2, 0.25) is 5.91 Å². The van der Waals surface area contributed by atoms with Crippen LogP contribution >= 0.6 is 12.4 Å². The maximum Gasteiger partial charge on any atom is 0.222 e. The summed E-state index contributed by atoms with van der Waals surface area (Å²) in [7, 11) is 1.92. The average molecular weight is 373 g/mol. The van der Waals surface area contributed by atoms with Gasteiger partial charge in [-0.25, -0.2) is 0 Å². The van der Waals surface area contributed by atoms with Crippen LogP contribution in [0.5, 0.6) is 0 Å². The first-order chi connectivity index (χ1) is 12.2. The first kappa shape index (κ1) is 20.5. The summed E-state index contributed by atoms with van der Waals surface area (Å²) in [6, 6.07) is 18.8. The average Bonchev–Trinajstić information content (AvgIpc) is 2.68. The number of nitrogens with zero attached hydrogens (tertiary/aromatic N) is 1. The number of hydrogen-bond acceptors (Lipinski definition) is 2. The molecule has 1 aliphatic heterocycles. The van der Waals surface area contributed by atoms with Gasteiger partial charge in [-0.15, -0.1) is 12.4 Å². The molecular weight excluding hydrogens is 344 g/mol. The van der Waals surface area contributed by atoms with E-state index in [2.05, 4.69) is 53.8 Å². The van der Waals surface area contributed by atoms with Crippen molar-refractivity contribution in [1.29, 1.82) is 0 Å². The van der Waals surface area contributed by atoms with E-state index in [1.165, 1.54) is 29.5 Å². The van der Waals surface area contributed by atoms with Gasteiger partial charge in [0.15, 0.2) is 0 Å². The predicted molar refractivity (Wildman–Crippen MR) is 110 cm³/mol. The van der Waals surface area contributed by atoms with Crippen LogP contribution in [0.15, 0.2) is 54.6 Å². The number of nitrogens with one attached hydrogen (secondary N) is 1. The quantitative estimate of drug-likeness (QED) is 0.808. The van der Waals surface area contributed by atoms with Crippen LogP contribution in [-0.4, -0.2) is 30.9 Å². The molecule has 0 aromatic heterocycles. The molecule has 4 heteroatoms. The lowest BCUT2D eigenvalue weighted by molar-refractivity contribution is -0.130. The van der Waals surface area contributed by atoms with Crippen LogP contribution < -0.4 is 5.32 Å². The van der Waals surface area contributed by atoms with E-state index < -0.39 is 0 Å². The molecule has 0 unspecified atom stereocenters. The van der Waals surface area contributed by atoms with Crippen LogP contribution in [0.2, 0.25) is 0 Å². The van der Waals surface area contributed by atoms with Crippen LogP contribution in [0.4, 0.5) is 0 Å². The largest absolute Gasteiger partial charge is 0.341 e. The Morgan fingerprint density at radius 2 is 1.69 bits per heavy atom. The molecule has 3 nitrogen and oxygen atoms in total. The number of benzene rings is 2. The van der Waals surface area contributed by atoms with Crippen molar-refractivity contribution < 1.29 is 4.79 Å². The van der Waals surface area contributed by atoms with Crippen LogP contribution in [0, 0.1) is 5.92 Å². The normalized spacial score (nSPS) is 14.5. The van der Waals surface area contributed by atoms with E-state index in [4.69, 9.17) is 0 Å². The van der Waals surface area contributed by atoms with Gasteiger partial charge in [0.05, 0.1) is 0 Å². The molecule has 2 aromatic rings. The lowest BCUT2D eigenvalue weighted by Gasteiger charge is -2.24. The fourth-order valence-corrected chi connectivity index (χ4v) is 3.59. The number of carbonyl (C=O) groups excluding carboxylic acids is 1. The molecule has 2 aromatic carbocycles. The molecule has 140 valence electrons. The number of piperidine rings is 1. The summed E-state index contributed by atoms with van der Waals surface area (Å²) in [6.45, 7) is 2.86. The van der Waals surface area contributed by atoms with Gasteiger partial charge in [0.1, 0.15) is 0 Å². The molecule has 0 bridgehead atoms. The summed E-state index contributed by atoms with van der Waals surface area (Å²) >= 11 is 0. The predicted octanol–water partition coefficient (Wildman–Crippen LogP) is 4.51. The molecule has 0 atom stereocenters. The molecule has 1 N–H and O–H groups in total. The van der Waals surface area contributed by atoms with E-state index in [-0.39, 0.29) is 18.3 Å². The van der Waals surface area contributed by atoms with Crippen LogP contribution in [0.1, 0.15) is 31.2 Å². The summed E-state index contributed by atoms with van der Waals surface area (Å²) in [4.78, 5) is 14.4. The van der Waals surface area contributed by atoms with Crippen molar-refractivity contribution in [2.24, 2.45) is 5.92 Å². The highest BCUT2D eigenvalue weighted by atomic mass is 35.5. The Bertz CT molecular complexity index is 684. The Kier molecular flexibility index (Phi) is 8.14. The minimum Gasteiger partial charge on any atom is -0.341 e. The SMILES string of the molecule is CN(Cc1ccccc1-c1ccccc1)C(=O)CCC1CCNCC1.Cl. The Morgan fingerprint density at radius 3 is 2.42 bits per heavy atom. The van der Waals surface area contributed by atoms with E-state index >= 15 is 0 Å². The Labute approximate surface area is 163 Å². The van der Waals surface area contributed by atoms with Crippen molar-refractivity contribution in [3.63, 3.8) is 0 Å². The summed E-state index contributed by atoms with van der Waals surface area (Å²) in [5.41, 5.74) is 3.61. The third kappa shape index (κ3) is 5.58. The number of carbonyl (C=O) groups is 1. The molecule has 0 spiro atoms. The second kappa shape index (κ2) is 10.3. The summed E-state index contributed by atoms with van der Waals surface area (Å²) in [5, 5.41) is 3.38. The molecule has 3 rings (SSSR count). The smallest absolute Gasteiger partial charge is 0.222 e. The number of amides is 1. The van der Waals surface area contributed by atoms with Gasteiger partial charge in [-0.05, 0) is 55.0 Å². The molecule has 1 heterocycles. The van der Waals surface area contributed by atoms with Gasteiger partial charge in [0.25, 0.3) is 0 Å². The van der Waals surface area contributed by atoms with Crippen molar-refractivity contribution in [3.8, 4) is 11.1 Å². The Hall–Kier alpha value is -1.84. The Morgan fingerprint density at radius 1 is 1.04 bits per heavy atom. The summed E-state index contributed by atoms with van der Waals surface area (Å²) < 4.78 is 0. The van der Waals surface area contributed by atoms with Crippen molar-refractivity contribution in [2.75, 3.05) is 20.1 Å². The molecule has 26 heavy (non-hydrogen) atoms. The highest BCUT2D eigenvalue weighted by Crippen LogP contribution is 2.25. The second-order valence-electron chi connectivity index (χ2n) is 7.01. The molecular formula is C22H29ClN2O. The van der Waals surface area contributed by atoms with Crippen molar-refractivity contribution in [1.82, 2.24) is 10.2 Å². The van der Waals surface area contributed by atoms with Crippen LogP contribution in [0.3, 0.4) is 0 Å². The van der Waals surface area contributed by atoms with Gasteiger partial charge in [-0.2, -0.15) is 0 Å². The van der Waals surface area contributed by atoms with E-state index in [1.54, 1.807) is 0 Å². The third-order valence-corrected chi connectivity index (χ3v) is 5.16. The molecule has 1 saturated heterocycles. The Balaban J connectivity index is 0.00000243. The van der Waals surface area contributed by atoms with Crippen molar-refractivity contribution in [2.45, 2.75) is 32.2 Å². The fourth-order valence-electron chi connectivity index (χ4n) is 3.59. The van der Waals surface area contributed by atoms with Gasteiger partial charge in [-0.1, -0.05) is 54.6 Å². The van der Waals surface area contributed by atoms with Gasteiger partial charge in [-0.3, -0.25) is 4.79 Å². The van der Waals surface area contributed by atoms with Crippen molar-refractivity contribution in [3.05, 3.63) is 60.2 Å². The molecule has 0 aliphatic carbocycles.